The van der Waals surface area contributed by atoms with E-state index in [-0.39, 0.29) is 17.6 Å². The lowest BCUT2D eigenvalue weighted by atomic mass is 10.1. The van der Waals surface area contributed by atoms with E-state index in [1.807, 2.05) is 13.0 Å². The first-order valence-electron chi connectivity index (χ1n) is 9.89. The van der Waals surface area contributed by atoms with Crippen molar-refractivity contribution >= 4 is 39.5 Å². The summed E-state index contributed by atoms with van der Waals surface area (Å²) in [5.74, 6) is -0.154. The number of hydrogen-bond donors (Lipinski definition) is 0. The number of urea groups is 1. The fourth-order valence-corrected chi connectivity index (χ4v) is 5.63. The van der Waals surface area contributed by atoms with Crippen molar-refractivity contribution in [2.24, 2.45) is 0 Å². The first-order chi connectivity index (χ1) is 14.4. The van der Waals surface area contributed by atoms with Crippen molar-refractivity contribution in [2.75, 3.05) is 18.0 Å². The molecule has 0 spiro atoms. The van der Waals surface area contributed by atoms with Crippen LogP contribution in [0, 0.1) is 19.7 Å². The molecule has 2 aromatic heterocycles. The van der Waals surface area contributed by atoms with Gasteiger partial charge in [0, 0.05) is 30.9 Å². The van der Waals surface area contributed by atoms with E-state index in [2.05, 4.69) is 18.4 Å². The highest BCUT2D eigenvalue weighted by Gasteiger charge is 2.31. The van der Waals surface area contributed by atoms with Gasteiger partial charge < -0.3 is 4.90 Å². The zero-order valence-corrected chi connectivity index (χ0v) is 18.6. The van der Waals surface area contributed by atoms with Crippen LogP contribution in [0.25, 0.3) is 0 Å². The van der Waals surface area contributed by atoms with Crippen LogP contribution in [0.4, 0.5) is 14.2 Å². The summed E-state index contributed by atoms with van der Waals surface area (Å²) >= 11 is 3.09. The van der Waals surface area contributed by atoms with Crippen molar-refractivity contribution < 1.29 is 14.0 Å². The standard InChI is InChI=1S/C23H23FN2O2S2/c1-15-11-19(29-14-15)7-8-20(27)22-16(2)12-21(30-22)26-10-9-25(23(26)28)13-17-3-5-18(24)6-4-17/h3-6,11-12,14H,7-10,13H2,1-2H3. The lowest BCUT2D eigenvalue weighted by Crippen LogP contribution is -2.30. The van der Waals surface area contributed by atoms with Crippen molar-refractivity contribution in [3.63, 3.8) is 0 Å². The van der Waals surface area contributed by atoms with E-state index >= 15 is 0 Å². The molecule has 0 saturated carbocycles. The molecule has 0 bridgehead atoms. The molecule has 2 amide bonds. The van der Waals surface area contributed by atoms with Crippen LogP contribution in [-0.4, -0.2) is 29.8 Å². The maximum atomic E-state index is 13.1. The van der Waals surface area contributed by atoms with Crippen molar-refractivity contribution in [1.82, 2.24) is 4.90 Å². The molecule has 156 valence electrons. The Morgan fingerprint density at radius 3 is 2.60 bits per heavy atom. The Kier molecular flexibility index (Phi) is 6.01. The lowest BCUT2D eigenvalue weighted by molar-refractivity contribution is 0.0986. The van der Waals surface area contributed by atoms with Crippen molar-refractivity contribution in [3.8, 4) is 0 Å². The SMILES string of the molecule is Cc1csc(CCC(=O)c2sc(N3CCN(Cc4ccc(F)cc4)C3=O)cc2C)c1. The second kappa shape index (κ2) is 8.70. The summed E-state index contributed by atoms with van der Waals surface area (Å²) in [6.07, 6.45) is 1.23. The number of Topliss-reactive ketones (excluding diaryl/α,β-unsaturated/α-hetero) is 1. The van der Waals surface area contributed by atoms with E-state index in [0.29, 0.717) is 26.1 Å². The van der Waals surface area contributed by atoms with Gasteiger partial charge in [0.05, 0.1) is 9.88 Å². The highest BCUT2D eigenvalue weighted by atomic mass is 32.1. The predicted octanol–water partition coefficient (Wildman–Crippen LogP) is 5.82. The number of ketones is 1. The summed E-state index contributed by atoms with van der Waals surface area (Å²) in [5.41, 5.74) is 3.05. The average Bonchev–Trinajstić information content (AvgIpc) is 3.41. The molecule has 30 heavy (non-hydrogen) atoms. The van der Waals surface area contributed by atoms with Crippen LogP contribution in [-0.2, 0) is 13.0 Å². The summed E-state index contributed by atoms with van der Waals surface area (Å²) in [7, 11) is 0. The van der Waals surface area contributed by atoms with Gasteiger partial charge in [0.1, 0.15) is 5.82 Å². The summed E-state index contributed by atoms with van der Waals surface area (Å²) < 4.78 is 13.1. The number of carbonyl (C=O) groups excluding carboxylic acids is 2. The number of rotatable bonds is 7. The summed E-state index contributed by atoms with van der Waals surface area (Å²) in [6.45, 7) is 5.63. The Balaban J connectivity index is 1.41. The fourth-order valence-electron chi connectivity index (χ4n) is 3.59. The van der Waals surface area contributed by atoms with E-state index in [0.717, 1.165) is 27.4 Å². The molecule has 0 aliphatic carbocycles. The minimum atomic E-state index is -0.284. The van der Waals surface area contributed by atoms with Crippen LogP contribution >= 0.6 is 22.7 Å². The van der Waals surface area contributed by atoms with Gasteiger partial charge in [-0.3, -0.25) is 9.69 Å². The Hall–Kier alpha value is -2.51. The predicted molar refractivity (Wildman–Crippen MR) is 120 cm³/mol. The number of carbonyl (C=O) groups is 2. The molecule has 4 rings (SSSR count). The summed E-state index contributed by atoms with van der Waals surface area (Å²) in [6, 6.07) is 10.2. The van der Waals surface area contributed by atoms with Crippen LogP contribution in [0.3, 0.4) is 0 Å². The van der Waals surface area contributed by atoms with Crippen molar-refractivity contribution in [2.45, 2.75) is 33.2 Å². The zero-order valence-electron chi connectivity index (χ0n) is 17.0. The van der Waals surface area contributed by atoms with Crippen molar-refractivity contribution in [1.29, 1.82) is 0 Å². The minimum Gasteiger partial charge on any atom is -0.318 e. The van der Waals surface area contributed by atoms with Gasteiger partial charge in [-0.15, -0.1) is 22.7 Å². The Morgan fingerprint density at radius 2 is 1.90 bits per heavy atom. The van der Waals surface area contributed by atoms with Gasteiger partial charge in [-0.2, -0.15) is 0 Å². The molecule has 1 aromatic carbocycles. The molecule has 0 N–H and O–H groups in total. The quantitative estimate of drug-likeness (QED) is 0.432. The van der Waals surface area contributed by atoms with Crippen LogP contribution in [0.15, 0.2) is 41.8 Å². The second-order valence-corrected chi connectivity index (χ2v) is 9.62. The Labute approximate surface area is 183 Å². The summed E-state index contributed by atoms with van der Waals surface area (Å²) in [4.78, 5) is 31.1. The van der Waals surface area contributed by atoms with Crippen molar-refractivity contribution in [3.05, 3.63) is 74.0 Å². The Morgan fingerprint density at radius 1 is 1.13 bits per heavy atom. The third-order valence-corrected chi connectivity index (χ3v) is 7.60. The normalized spacial score (nSPS) is 14.0. The molecule has 1 aliphatic rings. The molecular weight excluding hydrogens is 419 g/mol. The second-order valence-electron chi connectivity index (χ2n) is 7.59. The Bertz CT molecular complexity index is 1070. The van der Waals surface area contributed by atoms with Gasteiger partial charge in [-0.25, -0.2) is 9.18 Å². The zero-order chi connectivity index (χ0) is 21.3. The van der Waals surface area contributed by atoms with E-state index in [9.17, 15) is 14.0 Å². The molecule has 0 unspecified atom stereocenters. The number of thiophene rings is 2. The average molecular weight is 443 g/mol. The highest BCUT2D eigenvalue weighted by Crippen LogP contribution is 2.33. The summed E-state index contributed by atoms with van der Waals surface area (Å²) in [5, 5.41) is 2.92. The number of amides is 2. The number of aryl methyl sites for hydroxylation is 3. The molecule has 7 heteroatoms. The molecule has 1 fully saturated rings. The smallest absolute Gasteiger partial charge is 0.318 e. The first kappa shape index (κ1) is 20.8. The molecule has 0 radical (unpaired) electrons. The van der Waals surface area contributed by atoms with Crippen LogP contribution in [0.1, 0.15) is 37.7 Å². The molecular formula is C23H23FN2O2S2. The van der Waals surface area contributed by atoms with E-state index in [4.69, 9.17) is 0 Å². The first-order valence-corrected chi connectivity index (χ1v) is 11.6. The molecule has 0 atom stereocenters. The van der Waals surface area contributed by atoms with E-state index in [1.165, 1.54) is 33.9 Å². The van der Waals surface area contributed by atoms with Crippen LogP contribution in [0.5, 0.6) is 0 Å². The maximum absolute atomic E-state index is 13.1. The van der Waals surface area contributed by atoms with Gasteiger partial charge in [0.2, 0.25) is 0 Å². The largest absolute Gasteiger partial charge is 0.325 e. The number of nitrogens with zero attached hydrogens (tertiary/aromatic N) is 2. The van der Waals surface area contributed by atoms with Gasteiger partial charge in [0.15, 0.2) is 5.78 Å². The minimum absolute atomic E-state index is 0.0753. The fraction of sp³-hybridized carbons (Fsp3) is 0.304. The molecule has 1 aliphatic heterocycles. The number of benzene rings is 1. The van der Waals surface area contributed by atoms with Gasteiger partial charge in [0.25, 0.3) is 0 Å². The topological polar surface area (TPSA) is 40.6 Å². The van der Waals surface area contributed by atoms with Crippen LogP contribution < -0.4 is 4.90 Å². The van der Waals surface area contributed by atoms with Gasteiger partial charge in [-0.1, -0.05) is 12.1 Å². The maximum Gasteiger partial charge on any atom is 0.325 e. The van der Waals surface area contributed by atoms with E-state index < -0.39 is 0 Å². The lowest BCUT2D eigenvalue weighted by Gasteiger charge is -2.17. The molecule has 3 aromatic rings. The third kappa shape index (κ3) is 4.47. The van der Waals surface area contributed by atoms with Gasteiger partial charge in [-0.05, 0) is 66.6 Å². The van der Waals surface area contributed by atoms with Crippen LogP contribution in [0.2, 0.25) is 0 Å². The molecule has 3 heterocycles. The molecule has 4 nitrogen and oxygen atoms in total. The highest BCUT2D eigenvalue weighted by molar-refractivity contribution is 7.18. The van der Waals surface area contributed by atoms with E-state index in [1.54, 1.807) is 33.3 Å². The number of hydrogen-bond acceptors (Lipinski definition) is 4. The monoisotopic (exact) mass is 442 g/mol. The third-order valence-electron chi connectivity index (χ3n) is 5.19. The van der Waals surface area contributed by atoms with Gasteiger partial charge >= 0.3 is 6.03 Å². The number of halogens is 1. The molecule has 1 saturated heterocycles. The number of anilines is 1.